The summed E-state index contributed by atoms with van der Waals surface area (Å²) in [6.07, 6.45) is 1.89. The van der Waals surface area contributed by atoms with Crippen LogP contribution in [-0.4, -0.2) is 64.4 Å². The summed E-state index contributed by atoms with van der Waals surface area (Å²) in [7, 11) is -7.51. The van der Waals surface area contributed by atoms with Gasteiger partial charge in [0, 0.05) is 38.9 Å². The Morgan fingerprint density at radius 2 is 1.80 bits per heavy atom. The smallest absolute Gasteiger partial charge is 0.244 e. The minimum atomic E-state index is -3.96. The first kappa shape index (κ1) is 20.2. The van der Waals surface area contributed by atoms with E-state index < -0.39 is 19.9 Å². The molecular formula is C15H21ClN2O5S2. The molecule has 0 aliphatic carbocycles. The van der Waals surface area contributed by atoms with Gasteiger partial charge in [0.2, 0.25) is 15.9 Å². The fraction of sp³-hybridized carbons (Fsp3) is 0.533. The summed E-state index contributed by atoms with van der Waals surface area (Å²) < 4.78 is 50.5. The van der Waals surface area contributed by atoms with Gasteiger partial charge < -0.3 is 4.90 Å². The lowest BCUT2D eigenvalue weighted by Gasteiger charge is -2.22. The number of carbonyl (C=O) groups excluding carboxylic acids is 1. The van der Waals surface area contributed by atoms with E-state index in [0.29, 0.717) is 25.9 Å². The predicted molar refractivity (Wildman–Crippen MR) is 94.8 cm³/mol. The van der Waals surface area contributed by atoms with Crippen LogP contribution in [0.15, 0.2) is 28.0 Å². The van der Waals surface area contributed by atoms with Crippen molar-refractivity contribution in [2.45, 2.75) is 29.6 Å². The molecule has 1 aliphatic heterocycles. The van der Waals surface area contributed by atoms with E-state index in [1.807, 2.05) is 0 Å². The molecule has 7 nitrogen and oxygen atoms in total. The van der Waals surface area contributed by atoms with Crippen molar-refractivity contribution in [2.75, 3.05) is 32.4 Å². The van der Waals surface area contributed by atoms with Crippen molar-refractivity contribution in [1.82, 2.24) is 9.21 Å². The largest absolute Gasteiger partial charge is 0.341 e. The second kappa shape index (κ2) is 7.61. The summed E-state index contributed by atoms with van der Waals surface area (Å²) in [5.74, 6) is -0.0173. The van der Waals surface area contributed by atoms with E-state index in [0.717, 1.165) is 12.3 Å². The zero-order valence-electron chi connectivity index (χ0n) is 14.1. The Balaban J connectivity index is 2.34. The van der Waals surface area contributed by atoms with Gasteiger partial charge in [-0.2, -0.15) is 4.31 Å². The monoisotopic (exact) mass is 408 g/mol. The molecule has 1 heterocycles. The number of sulfone groups is 1. The fourth-order valence-corrected chi connectivity index (χ4v) is 5.35. The molecule has 1 fully saturated rings. The van der Waals surface area contributed by atoms with Crippen LogP contribution in [0, 0.1) is 0 Å². The molecule has 0 bridgehead atoms. The Morgan fingerprint density at radius 1 is 1.12 bits per heavy atom. The molecule has 10 heteroatoms. The third-order valence-corrected chi connectivity index (χ3v) is 7.55. The molecule has 0 N–H and O–H groups in total. The summed E-state index contributed by atoms with van der Waals surface area (Å²) in [5, 5.41) is -0.0295. The highest BCUT2D eigenvalue weighted by atomic mass is 35.5. The van der Waals surface area contributed by atoms with Gasteiger partial charge in [-0.1, -0.05) is 18.5 Å². The van der Waals surface area contributed by atoms with E-state index in [2.05, 4.69) is 0 Å². The molecule has 0 spiro atoms. The van der Waals surface area contributed by atoms with E-state index in [1.54, 1.807) is 11.8 Å². The third kappa shape index (κ3) is 4.52. The summed E-state index contributed by atoms with van der Waals surface area (Å²) in [5.41, 5.74) is 0. The first-order chi connectivity index (χ1) is 11.6. The van der Waals surface area contributed by atoms with Crippen molar-refractivity contribution in [3.63, 3.8) is 0 Å². The molecule has 0 aromatic heterocycles. The van der Waals surface area contributed by atoms with Crippen molar-refractivity contribution in [2.24, 2.45) is 0 Å². The summed E-state index contributed by atoms with van der Waals surface area (Å²) in [4.78, 5) is 13.1. The van der Waals surface area contributed by atoms with Crippen molar-refractivity contribution >= 4 is 37.4 Å². The fourth-order valence-electron chi connectivity index (χ4n) is 2.66. The highest BCUT2D eigenvalue weighted by Crippen LogP contribution is 2.28. The van der Waals surface area contributed by atoms with Gasteiger partial charge in [-0.25, -0.2) is 16.8 Å². The average molecular weight is 409 g/mol. The molecule has 1 aromatic carbocycles. The van der Waals surface area contributed by atoms with Crippen LogP contribution in [-0.2, 0) is 24.7 Å². The van der Waals surface area contributed by atoms with Crippen LogP contribution in [0.1, 0.15) is 19.8 Å². The number of hydrogen-bond acceptors (Lipinski definition) is 5. The lowest BCUT2D eigenvalue weighted by Crippen LogP contribution is -2.37. The van der Waals surface area contributed by atoms with Crippen LogP contribution >= 0.6 is 11.6 Å². The summed E-state index contributed by atoms with van der Waals surface area (Å²) >= 11 is 6.03. The Bertz CT molecular complexity index is 868. The second-order valence-corrected chi connectivity index (χ2v) is 10.2. The first-order valence-electron chi connectivity index (χ1n) is 7.85. The van der Waals surface area contributed by atoms with E-state index >= 15 is 0 Å². The van der Waals surface area contributed by atoms with Gasteiger partial charge in [0.05, 0.1) is 9.92 Å². The average Bonchev–Trinajstić information content (AvgIpc) is 2.79. The number of amides is 1. The van der Waals surface area contributed by atoms with Crippen LogP contribution in [0.25, 0.3) is 0 Å². The Morgan fingerprint density at radius 3 is 2.40 bits per heavy atom. The molecule has 1 aliphatic rings. The number of sulfonamides is 1. The van der Waals surface area contributed by atoms with Crippen molar-refractivity contribution in [1.29, 1.82) is 0 Å². The Kier molecular flexibility index (Phi) is 6.13. The second-order valence-electron chi connectivity index (χ2n) is 5.86. The highest BCUT2D eigenvalue weighted by Gasteiger charge is 2.30. The van der Waals surface area contributed by atoms with E-state index in [-0.39, 0.29) is 33.8 Å². The van der Waals surface area contributed by atoms with E-state index in [9.17, 15) is 21.6 Å². The zero-order valence-corrected chi connectivity index (χ0v) is 16.5. The minimum Gasteiger partial charge on any atom is -0.341 e. The van der Waals surface area contributed by atoms with Crippen molar-refractivity contribution in [3.05, 3.63) is 23.2 Å². The third-order valence-electron chi connectivity index (χ3n) is 4.06. The van der Waals surface area contributed by atoms with Gasteiger partial charge in [0.1, 0.15) is 4.90 Å². The maximum atomic E-state index is 12.9. The van der Waals surface area contributed by atoms with Crippen molar-refractivity contribution in [3.8, 4) is 0 Å². The number of rotatable bonds is 4. The quantitative estimate of drug-likeness (QED) is 0.750. The Hall–Kier alpha value is -1.16. The summed E-state index contributed by atoms with van der Waals surface area (Å²) in [6, 6.07) is 3.64. The van der Waals surface area contributed by atoms with Crippen LogP contribution in [0.4, 0.5) is 0 Å². The number of halogens is 1. The molecule has 1 aromatic rings. The van der Waals surface area contributed by atoms with Crippen LogP contribution in [0.3, 0.4) is 0 Å². The SMILES string of the molecule is CCC(=O)N1CCCN(S(=O)(=O)c2cc(S(C)(=O)=O)ccc2Cl)CC1. The highest BCUT2D eigenvalue weighted by molar-refractivity contribution is 7.91. The normalized spacial score (nSPS) is 17.3. The maximum Gasteiger partial charge on any atom is 0.244 e. The maximum absolute atomic E-state index is 12.9. The van der Waals surface area contributed by atoms with Gasteiger partial charge >= 0.3 is 0 Å². The topological polar surface area (TPSA) is 91.8 Å². The Labute approximate surface area is 153 Å². The predicted octanol–water partition coefficient (Wildman–Crippen LogP) is 1.38. The molecule has 0 saturated carbocycles. The standard InChI is InChI=1S/C15H21ClN2O5S2/c1-3-15(19)17-7-4-8-18(10-9-17)25(22,23)14-11-12(24(2,20)21)5-6-13(14)16/h5-6,11H,3-4,7-10H2,1-2H3. The molecule has 0 radical (unpaired) electrons. The zero-order chi connectivity index (χ0) is 18.8. The molecule has 2 rings (SSSR count). The van der Waals surface area contributed by atoms with Crippen molar-refractivity contribution < 1.29 is 21.6 Å². The number of nitrogens with zero attached hydrogens (tertiary/aromatic N) is 2. The number of carbonyl (C=O) groups is 1. The number of benzene rings is 1. The van der Waals surface area contributed by atoms with Crippen LogP contribution in [0.5, 0.6) is 0 Å². The lowest BCUT2D eigenvalue weighted by atomic mass is 10.3. The van der Waals surface area contributed by atoms with Gasteiger partial charge in [0.25, 0.3) is 0 Å². The molecule has 25 heavy (non-hydrogen) atoms. The molecule has 1 saturated heterocycles. The minimum absolute atomic E-state index is 0.0173. The van der Waals surface area contributed by atoms with Gasteiger partial charge in [-0.15, -0.1) is 0 Å². The molecule has 1 amide bonds. The molecule has 0 atom stereocenters. The van der Waals surface area contributed by atoms with E-state index in [4.69, 9.17) is 11.6 Å². The van der Waals surface area contributed by atoms with E-state index in [1.165, 1.54) is 16.4 Å². The molecular weight excluding hydrogens is 388 g/mol. The molecule has 140 valence electrons. The van der Waals surface area contributed by atoms with Gasteiger partial charge in [-0.3, -0.25) is 4.79 Å². The lowest BCUT2D eigenvalue weighted by molar-refractivity contribution is -0.130. The van der Waals surface area contributed by atoms with Gasteiger partial charge in [0.15, 0.2) is 9.84 Å². The number of hydrogen-bond donors (Lipinski definition) is 0. The van der Waals surface area contributed by atoms with Crippen LogP contribution in [0.2, 0.25) is 5.02 Å². The summed E-state index contributed by atoms with van der Waals surface area (Å²) in [6.45, 7) is 2.95. The van der Waals surface area contributed by atoms with Crippen LogP contribution < -0.4 is 0 Å². The first-order valence-corrected chi connectivity index (χ1v) is 11.6. The molecule has 0 unspecified atom stereocenters. The van der Waals surface area contributed by atoms with Gasteiger partial charge in [-0.05, 0) is 24.6 Å².